The molecule has 72 valence electrons. The van der Waals surface area contributed by atoms with Crippen LogP contribution in [0.5, 0.6) is 0 Å². The van der Waals surface area contributed by atoms with Gasteiger partial charge in [0, 0.05) is 6.92 Å². The maximum Gasteiger partial charge on any atom is 0.238 e. The third-order valence-electron chi connectivity index (χ3n) is 1.85. The highest BCUT2D eigenvalue weighted by atomic mass is 35.5. The zero-order chi connectivity index (χ0) is 9.97. The van der Waals surface area contributed by atoms with E-state index < -0.39 is 0 Å². The molecular formula is C10H9ClN2O. The molecule has 0 saturated heterocycles. The van der Waals surface area contributed by atoms with Crippen LogP contribution in [0, 0.1) is 6.92 Å². The number of aromatic nitrogens is 2. The third-order valence-corrected chi connectivity index (χ3v) is 2.29. The van der Waals surface area contributed by atoms with E-state index in [1.165, 1.54) is 0 Å². The van der Waals surface area contributed by atoms with Gasteiger partial charge in [0.15, 0.2) is 0 Å². The fourth-order valence-electron chi connectivity index (χ4n) is 1.18. The number of alkyl halides is 1. The number of benzene rings is 1. The van der Waals surface area contributed by atoms with E-state index >= 15 is 0 Å². The summed E-state index contributed by atoms with van der Waals surface area (Å²) in [6, 6.07) is 9.64. The van der Waals surface area contributed by atoms with Gasteiger partial charge >= 0.3 is 0 Å². The highest BCUT2D eigenvalue weighted by Gasteiger charge is 2.16. The average molecular weight is 209 g/mol. The molecule has 0 radical (unpaired) electrons. The third kappa shape index (κ3) is 1.77. The second-order valence-electron chi connectivity index (χ2n) is 2.93. The maximum atomic E-state index is 6.15. The molecule has 4 heteroatoms. The molecule has 0 saturated carbocycles. The number of hydrogen-bond acceptors (Lipinski definition) is 3. The van der Waals surface area contributed by atoms with Gasteiger partial charge in [0.05, 0.1) is 0 Å². The number of nitrogens with zero attached hydrogens (tertiary/aromatic N) is 2. The van der Waals surface area contributed by atoms with Crippen LogP contribution in [0.4, 0.5) is 0 Å². The van der Waals surface area contributed by atoms with Gasteiger partial charge in [-0.05, 0) is 5.56 Å². The largest absolute Gasteiger partial charge is 0.424 e. The van der Waals surface area contributed by atoms with Gasteiger partial charge in [-0.3, -0.25) is 0 Å². The lowest BCUT2D eigenvalue weighted by atomic mass is 10.1. The standard InChI is InChI=1S/C10H9ClN2O/c1-7-12-13-10(14-7)9(11)8-5-3-2-4-6-8/h2-6,9H,1H3/t9-/m1/s1. The topological polar surface area (TPSA) is 38.9 Å². The van der Waals surface area contributed by atoms with Gasteiger partial charge in [-0.1, -0.05) is 30.3 Å². The van der Waals surface area contributed by atoms with Crippen molar-refractivity contribution in [1.29, 1.82) is 0 Å². The molecule has 3 nitrogen and oxygen atoms in total. The van der Waals surface area contributed by atoms with Gasteiger partial charge in [0.25, 0.3) is 0 Å². The van der Waals surface area contributed by atoms with Crippen molar-refractivity contribution in [3.63, 3.8) is 0 Å². The number of hydrogen-bond donors (Lipinski definition) is 0. The molecule has 0 aliphatic carbocycles. The minimum atomic E-state index is -0.364. The number of aryl methyl sites for hydroxylation is 1. The van der Waals surface area contributed by atoms with Crippen LogP contribution in [0.25, 0.3) is 0 Å². The van der Waals surface area contributed by atoms with E-state index in [1.807, 2.05) is 30.3 Å². The van der Waals surface area contributed by atoms with Crippen LogP contribution in [0.2, 0.25) is 0 Å². The molecule has 2 rings (SSSR count). The van der Waals surface area contributed by atoms with E-state index in [-0.39, 0.29) is 5.38 Å². The summed E-state index contributed by atoms with van der Waals surface area (Å²) in [5.74, 6) is 0.969. The molecule has 0 fully saturated rings. The summed E-state index contributed by atoms with van der Waals surface area (Å²) in [5.41, 5.74) is 0.956. The Balaban J connectivity index is 2.29. The monoisotopic (exact) mass is 208 g/mol. The van der Waals surface area contributed by atoms with Crippen molar-refractivity contribution < 1.29 is 4.42 Å². The van der Waals surface area contributed by atoms with Gasteiger partial charge in [0.2, 0.25) is 11.8 Å². The Hall–Kier alpha value is -1.35. The van der Waals surface area contributed by atoms with Crippen molar-refractivity contribution in [2.45, 2.75) is 12.3 Å². The summed E-state index contributed by atoms with van der Waals surface area (Å²) in [7, 11) is 0. The SMILES string of the molecule is Cc1nnc([C@H](Cl)c2ccccc2)o1. The molecule has 0 unspecified atom stereocenters. The van der Waals surface area contributed by atoms with Crippen LogP contribution in [0.3, 0.4) is 0 Å². The van der Waals surface area contributed by atoms with Gasteiger partial charge in [-0.2, -0.15) is 0 Å². The van der Waals surface area contributed by atoms with Crippen LogP contribution >= 0.6 is 11.6 Å². The van der Waals surface area contributed by atoms with E-state index in [0.29, 0.717) is 11.8 Å². The predicted octanol–water partition coefficient (Wildman–Crippen LogP) is 2.71. The lowest BCUT2D eigenvalue weighted by Gasteiger charge is -2.03. The molecule has 0 N–H and O–H groups in total. The smallest absolute Gasteiger partial charge is 0.238 e. The molecule has 0 bridgehead atoms. The van der Waals surface area contributed by atoms with Crippen molar-refractivity contribution in [2.24, 2.45) is 0 Å². The minimum absolute atomic E-state index is 0.364. The number of rotatable bonds is 2. The Morgan fingerprint density at radius 3 is 2.50 bits per heavy atom. The molecule has 14 heavy (non-hydrogen) atoms. The molecular weight excluding hydrogens is 200 g/mol. The van der Waals surface area contributed by atoms with E-state index in [0.717, 1.165) is 5.56 Å². The highest BCUT2D eigenvalue weighted by Crippen LogP contribution is 2.26. The van der Waals surface area contributed by atoms with E-state index in [2.05, 4.69) is 10.2 Å². The zero-order valence-electron chi connectivity index (χ0n) is 7.64. The first-order valence-electron chi connectivity index (χ1n) is 4.26. The summed E-state index contributed by atoms with van der Waals surface area (Å²) in [5, 5.41) is 7.24. The fraction of sp³-hybridized carbons (Fsp3) is 0.200. The van der Waals surface area contributed by atoms with Crippen molar-refractivity contribution in [1.82, 2.24) is 10.2 Å². The van der Waals surface area contributed by atoms with Gasteiger partial charge < -0.3 is 4.42 Å². The van der Waals surface area contributed by atoms with Gasteiger partial charge in [0.1, 0.15) is 5.38 Å². The second kappa shape index (κ2) is 3.80. The summed E-state index contributed by atoms with van der Waals surface area (Å²) in [6.07, 6.45) is 0. The Morgan fingerprint density at radius 2 is 1.93 bits per heavy atom. The maximum absolute atomic E-state index is 6.15. The first-order chi connectivity index (χ1) is 6.77. The molecule has 0 aliphatic heterocycles. The molecule has 0 amide bonds. The Labute approximate surface area is 86.7 Å². The molecule has 1 aromatic carbocycles. The van der Waals surface area contributed by atoms with Crippen LogP contribution in [0.15, 0.2) is 34.7 Å². The molecule has 0 aliphatic rings. The quantitative estimate of drug-likeness (QED) is 0.713. The Bertz CT molecular complexity index is 413. The Morgan fingerprint density at radius 1 is 1.21 bits per heavy atom. The molecule has 0 spiro atoms. The molecule has 1 heterocycles. The van der Waals surface area contributed by atoms with Crippen molar-refractivity contribution in [3.8, 4) is 0 Å². The lowest BCUT2D eigenvalue weighted by molar-refractivity contribution is 0.473. The van der Waals surface area contributed by atoms with E-state index in [4.69, 9.17) is 16.0 Å². The second-order valence-corrected chi connectivity index (χ2v) is 3.37. The van der Waals surface area contributed by atoms with E-state index in [9.17, 15) is 0 Å². The van der Waals surface area contributed by atoms with Crippen LogP contribution in [-0.2, 0) is 0 Å². The Kier molecular flexibility index (Phi) is 2.50. The highest BCUT2D eigenvalue weighted by molar-refractivity contribution is 6.22. The van der Waals surface area contributed by atoms with Crippen LogP contribution in [0.1, 0.15) is 22.7 Å². The molecule has 1 atom stereocenters. The van der Waals surface area contributed by atoms with Crippen LogP contribution in [-0.4, -0.2) is 10.2 Å². The fourth-order valence-corrected chi connectivity index (χ4v) is 1.41. The zero-order valence-corrected chi connectivity index (χ0v) is 8.40. The van der Waals surface area contributed by atoms with Crippen molar-refractivity contribution >= 4 is 11.6 Å². The first-order valence-corrected chi connectivity index (χ1v) is 4.70. The van der Waals surface area contributed by atoms with Gasteiger partial charge in [-0.15, -0.1) is 21.8 Å². The van der Waals surface area contributed by atoms with Crippen LogP contribution < -0.4 is 0 Å². The summed E-state index contributed by atoms with van der Waals surface area (Å²) >= 11 is 6.15. The number of halogens is 1. The predicted molar refractivity (Wildman–Crippen MR) is 53.2 cm³/mol. The normalized spacial score (nSPS) is 12.7. The first kappa shape index (κ1) is 9.21. The lowest BCUT2D eigenvalue weighted by Crippen LogP contribution is -1.92. The van der Waals surface area contributed by atoms with Gasteiger partial charge in [-0.25, -0.2) is 0 Å². The van der Waals surface area contributed by atoms with E-state index in [1.54, 1.807) is 6.92 Å². The average Bonchev–Trinajstić information content (AvgIpc) is 2.65. The summed E-state index contributed by atoms with van der Waals surface area (Å²) in [4.78, 5) is 0. The summed E-state index contributed by atoms with van der Waals surface area (Å²) < 4.78 is 5.25. The molecule has 2 aromatic rings. The molecule has 1 aromatic heterocycles. The minimum Gasteiger partial charge on any atom is -0.424 e. The van der Waals surface area contributed by atoms with Crippen molar-refractivity contribution in [3.05, 3.63) is 47.7 Å². The van der Waals surface area contributed by atoms with Crippen molar-refractivity contribution in [2.75, 3.05) is 0 Å². The summed E-state index contributed by atoms with van der Waals surface area (Å²) in [6.45, 7) is 1.74.